The van der Waals surface area contributed by atoms with Crippen molar-refractivity contribution in [3.05, 3.63) is 168 Å². The lowest BCUT2D eigenvalue weighted by molar-refractivity contribution is 1.04. The van der Waals surface area contributed by atoms with Gasteiger partial charge in [0.05, 0.1) is 0 Å². The molecule has 1 nitrogen and oxygen atoms in total. The molecule has 0 aliphatic heterocycles. The maximum Gasteiger partial charge on any atom is 0.0461 e. The van der Waals surface area contributed by atoms with Gasteiger partial charge in [0, 0.05) is 17.1 Å². The SMILES string of the molecule is C=C(/C=C\C(C)=C(/C)c1ccccc1C)N(c1ccccc1)c1ccc(-c2ccc(C3=CCCC=C3)cc2)cc1. The van der Waals surface area contributed by atoms with Crippen molar-refractivity contribution < 1.29 is 0 Å². The summed E-state index contributed by atoms with van der Waals surface area (Å²) in [5.41, 5.74) is 13.2. The highest BCUT2D eigenvalue weighted by Crippen LogP contribution is 2.33. The molecule has 0 spiro atoms. The molecule has 5 rings (SSSR count). The zero-order valence-electron chi connectivity index (χ0n) is 23.8. The number of hydrogen-bond donors (Lipinski definition) is 0. The number of para-hydroxylation sites is 1. The Hall–Kier alpha value is -4.62. The van der Waals surface area contributed by atoms with Crippen LogP contribution in [-0.2, 0) is 0 Å². The molecule has 0 fully saturated rings. The van der Waals surface area contributed by atoms with Gasteiger partial charge in [-0.25, -0.2) is 0 Å². The molecule has 0 amide bonds. The molecule has 0 unspecified atom stereocenters. The summed E-state index contributed by atoms with van der Waals surface area (Å²) in [4.78, 5) is 2.21. The first kappa shape index (κ1) is 27.0. The van der Waals surface area contributed by atoms with Gasteiger partial charge in [0.25, 0.3) is 0 Å². The molecule has 4 aromatic rings. The Morgan fingerprint density at radius 3 is 1.93 bits per heavy atom. The molecule has 0 bridgehead atoms. The molecule has 0 heterocycles. The van der Waals surface area contributed by atoms with Crippen LogP contribution in [0.3, 0.4) is 0 Å². The molecule has 4 aromatic carbocycles. The van der Waals surface area contributed by atoms with Gasteiger partial charge in [0.1, 0.15) is 0 Å². The van der Waals surface area contributed by atoms with Crippen molar-refractivity contribution >= 4 is 22.5 Å². The second-order valence-electron chi connectivity index (χ2n) is 10.4. The summed E-state index contributed by atoms with van der Waals surface area (Å²) in [6, 6.07) is 36.6. The van der Waals surface area contributed by atoms with Gasteiger partial charge < -0.3 is 4.90 Å². The lowest BCUT2D eigenvalue weighted by atomic mass is 9.97. The molecule has 198 valence electrons. The minimum Gasteiger partial charge on any atom is -0.311 e. The molecule has 0 atom stereocenters. The Morgan fingerprint density at radius 2 is 1.27 bits per heavy atom. The fraction of sp³-hybridized carbons (Fsp3) is 0.128. The molecule has 40 heavy (non-hydrogen) atoms. The summed E-state index contributed by atoms with van der Waals surface area (Å²) in [5, 5.41) is 0. The van der Waals surface area contributed by atoms with Crippen molar-refractivity contribution in [3.63, 3.8) is 0 Å². The van der Waals surface area contributed by atoms with Gasteiger partial charge in [-0.3, -0.25) is 0 Å². The normalized spacial score (nSPS) is 13.6. The lowest BCUT2D eigenvalue weighted by Crippen LogP contribution is -2.14. The number of aryl methyl sites for hydroxylation is 1. The van der Waals surface area contributed by atoms with Crippen LogP contribution in [0.15, 0.2) is 151 Å². The molecule has 1 aliphatic rings. The Labute approximate surface area is 239 Å². The van der Waals surface area contributed by atoms with Crippen LogP contribution in [-0.4, -0.2) is 0 Å². The van der Waals surface area contributed by atoms with Crippen LogP contribution >= 0.6 is 0 Å². The van der Waals surface area contributed by atoms with Crippen molar-refractivity contribution in [2.24, 2.45) is 0 Å². The van der Waals surface area contributed by atoms with E-state index in [0.29, 0.717) is 0 Å². The van der Waals surface area contributed by atoms with E-state index in [-0.39, 0.29) is 0 Å². The van der Waals surface area contributed by atoms with E-state index in [9.17, 15) is 0 Å². The number of allylic oxidation sites excluding steroid dienone is 8. The van der Waals surface area contributed by atoms with Crippen LogP contribution in [0.25, 0.3) is 22.3 Å². The Morgan fingerprint density at radius 1 is 0.675 bits per heavy atom. The molecule has 0 saturated carbocycles. The van der Waals surface area contributed by atoms with Crippen LogP contribution in [0.5, 0.6) is 0 Å². The number of hydrogen-bond acceptors (Lipinski definition) is 1. The monoisotopic (exact) mass is 519 g/mol. The Kier molecular flexibility index (Phi) is 8.42. The lowest BCUT2D eigenvalue weighted by Gasteiger charge is -2.26. The predicted molar refractivity (Wildman–Crippen MR) is 175 cm³/mol. The van der Waals surface area contributed by atoms with Gasteiger partial charge >= 0.3 is 0 Å². The smallest absolute Gasteiger partial charge is 0.0461 e. The quantitative estimate of drug-likeness (QED) is 0.209. The molecule has 0 aromatic heterocycles. The zero-order valence-corrected chi connectivity index (χ0v) is 23.8. The van der Waals surface area contributed by atoms with Crippen molar-refractivity contribution in [2.75, 3.05) is 4.90 Å². The van der Waals surface area contributed by atoms with Crippen molar-refractivity contribution in [1.29, 1.82) is 0 Å². The third-order valence-corrected chi connectivity index (χ3v) is 7.64. The molecular weight excluding hydrogens is 482 g/mol. The van der Waals surface area contributed by atoms with Crippen LogP contribution in [0.1, 0.15) is 43.4 Å². The van der Waals surface area contributed by atoms with Crippen molar-refractivity contribution in [2.45, 2.75) is 33.6 Å². The predicted octanol–water partition coefficient (Wildman–Crippen LogP) is 11.1. The molecule has 0 saturated heterocycles. The minimum atomic E-state index is 0.911. The van der Waals surface area contributed by atoms with Crippen LogP contribution in [0.2, 0.25) is 0 Å². The Balaban J connectivity index is 1.40. The summed E-state index contributed by atoms with van der Waals surface area (Å²) in [5.74, 6) is 0. The second-order valence-corrected chi connectivity index (χ2v) is 10.4. The molecule has 1 aliphatic carbocycles. The van der Waals surface area contributed by atoms with E-state index in [2.05, 4.69) is 160 Å². The average molecular weight is 520 g/mol. The second kappa shape index (κ2) is 12.5. The van der Waals surface area contributed by atoms with Gasteiger partial charge in [-0.05, 0) is 108 Å². The van der Waals surface area contributed by atoms with Gasteiger partial charge in [0.15, 0.2) is 0 Å². The van der Waals surface area contributed by atoms with E-state index in [1.807, 2.05) is 6.07 Å². The van der Waals surface area contributed by atoms with E-state index >= 15 is 0 Å². The van der Waals surface area contributed by atoms with E-state index < -0.39 is 0 Å². The van der Waals surface area contributed by atoms with Gasteiger partial charge in [0.2, 0.25) is 0 Å². The first-order valence-electron chi connectivity index (χ1n) is 14.0. The average Bonchev–Trinajstić information content (AvgIpc) is 3.01. The van der Waals surface area contributed by atoms with E-state index in [1.165, 1.54) is 44.5 Å². The summed E-state index contributed by atoms with van der Waals surface area (Å²) in [6.45, 7) is 11.0. The highest BCUT2D eigenvalue weighted by atomic mass is 15.1. The number of nitrogens with zero attached hydrogens (tertiary/aromatic N) is 1. The standard InChI is InChI=1S/C39H37N/c1-29(32(4)39-18-12-11-13-30(39)2)19-20-31(3)40(37-16-9-6-10-17-37)38-27-25-36(26-28-38)35-23-21-34(22-24-35)33-14-7-5-8-15-33/h6-7,9-28H,3,5,8H2,1-2,4H3/b20-19-,32-29+. The maximum atomic E-state index is 4.47. The third kappa shape index (κ3) is 6.16. The van der Waals surface area contributed by atoms with Crippen LogP contribution in [0, 0.1) is 6.92 Å². The topological polar surface area (TPSA) is 3.24 Å². The maximum absolute atomic E-state index is 4.47. The molecular formula is C39H37N. The van der Waals surface area contributed by atoms with E-state index in [0.717, 1.165) is 29.9 Å². The van der Waals surface area contributed by atoms with Gasteiger partial charge in [-0.1, -0.05) is 110 Å². The largest absolute Gasteiger partial charge is 0.311 e. The minimum absolute atomic E-state index is 0.911. The number of benzene rings is 4. The number of rotatable bonds is 8. The van der Waals surface area contributed by atoms with E-state index in [1.54, 1.807) is 0 Å². The molecule has 1 heteroatoms. The zero-order chi connectivity index (χ0) is 27.9. The Bertz CT molecular complexity index is 1590. The summed E-state index contributed by atoms with van der Waals surface area (Å²) in [7, 11) is 0. The highest BCUT2D eigenvalue weighted by molar-refractivity contribution is 5.78. The summed E-state index contributed by atoms with van der Waals surface area (Å²) in [6.07, 6.45) is 13.4. The fourth-order valence-corrected chi connectivity index (χ4v) is 5.17. The third-order valence-electron chi connectivity index (χ3n) is 7.64. The van der Waals surface area contributed by atoms with E-state index in [4.69, 9.17) is 0 Å². The fourth-order valence-electron chi connectivity index (χ4n) is 5.17. The van der Waals surface area contributed by atoms with Crippen molar-refractivity contribution in [3.8, 4) is 11.1 Å². The summed E-state index contributed by atoms with van der Waals surface area (Å²) < 4.78 is 0. The van der Waals surface area contributed by atoms with Gasteiger partial charge in [-0.2, -0.15) is 0 Å². The highest BCUT2D eigenvalue weighted by Gasteiger charge is 2.12. The number of anilines is 2. The van der Waals surface area contributed by atoms with Gasteiger partial charge in [-0.15, -0.1) is 0 Å². The van der Waals surface area contributed by atoms with Crippen molar-refractivity contribution in [1.82, 2.24) is 0 Å². The van der Waals surface area contributed by atoms with Crippen LogP contribution < -0.4 is 4.90 Å². The summed E-state index contributed by atoms with van der Waals surface area (Å²) >= 11 is 0. The molecule has 0 radical (unpaired) electrons. The first-order valence-corrected chi connectivity index (χ1v) is 14.0. The molecule has 0 N–H and O–H groups in total. The van der Waals surface area contributed by atoms with Crippen LogP contribution in [0.4, 0.5) is 11.4 Å². The first-order chi connectivity index (χ1) is 19.5.